The van der Waals surface area contributed by atoms with E-state index >= 15 is 0 Å². The number of nitrogens with zero attached hydrogens (tertiary/aromatic N) is 2. The van der Waals surface area contributed by atoms with E-state index in [1.807, 2.05) is 6.07 Å². The maximum Gasteiger partial charge on any atom is 0.142 e. The van der Waals surface area contributed by atoms with Crippen LogP contribution in [0.4, 0.5) is 0 Å². The quantitative estimate of drug-likeness (QED) is 0.679. The summed E-state index contributed by atoms with van der Waals surface area (Å²) in [5, 5.41) is 9.52. The molecule has 1 aromatic heterocycles. The number of hydrogen-bond donors (Lipinski definition) is 1. The van der Waals surface area contributed by atoms with E-state index in [-0.39, 0.29) is 0 Å². The molecule has 2 aromatic rings. The summed E-state index contributed by atoms with van der Waals surface area (Å²) >= 11 is 0. The van der Waals surface area contributed by atoms with Gasteiger partial charge < -0.3 is 5.11 Å². The van der Waals surface area contributed by atoms with Crippen LogP contribution in [0.2, 0.25) is 0 Å². The lowest BCUT2D eigenvalue weighted by atomic mass is 10.1. The van der Waals surface area contributed by atoms with Crippen molar-refractivity contribution in [1.29, 1.82) is 0 Å². The molecular formula is C11H8N2O. The van der Waals surface area contributed by atoms with Crippen LogP contribution >= 0.6 is 0 Å². The van der Waals surface area contributed by atoms with Crippen LogP contribution in [0.15, 0.2) is 30.6 Å². The maximum atomic E-state index is 9.52. The second kappa shape index (κ2) is 3.44. The van der Waals surface area contributed by atoms with Crippen molar-refractivity contribution >= 4 is 11.0 Å². The number of para-hydroxylation sites is 1. The minimum absolute atomic E-state index is 0.623. The molecule has 0 fully saturated rings. The van der Waals surface area contributed by atoms with Gasteiger partial charge in [-0.15, -0.1) is 6.42 Å². The number of aliphatic hydroxyl groups excluding tert-OH is 1. The molecule has 0 spiro atoms. The topological polar surface area (TPSA) is 46.0 Å². The molecule has 1 heterocycles. The van der Waals surface area contributed by atoms with Gasteiger partial charge in [-0.05, 0) is 6.07 Å². The van der Waals surface area contributed by atoms with Crippen LogP contribution in [0.3, 0.4) is 0 Å². The number of fused-ring (bicyclic) bond motifs is 1. The molecule has 1 atom stereocenters. The third-order valence-corrected chi connectivity index (χ3v) is 1.98. The second-order valence-electron chi connectivity index (χ2n) is 2.84. The molecule has 2 rings (SSSR count). The van der Waals surface area contributed by atoms with E-state index < -0.39 is 6.10 Å². The van der Waals surface area contributed by atoms with Crippen molar-refractivity contribution in [3.05, 3.63) is 36.2 Å². The highest BCUT2D eigenvalue weighted by atomic mass is 16.3. The summed E-state index contributed by atoms with van der Waals surface area (Å²) in [6.45, 7) is 0. The van der Waals surface area contributed by atoms with Gasteiger partial charge in [0.1, 0.15) is 6.10 Å². The van der Waals surface area contributed by atoms with Crippen LogP contribution in [-0.4, -0.2) is 15.1 Å². The summed E-state index contributed by atoms with van der Waals surface area (Å²) < 4.78 is 0. The number of benzene rings is 1. The van der Waals surface area contributed by atoms with Crippen LogP contribution in [0.5, 0.6) is 0 Å². The van der Waals surface area contributed by atoms with E-state index in [1.165, 1.54) is 0 Å². The highest BCUT2D eigenvalue weighted by Gasteiger charge is 2.08. The first-order chi connectivity index (χ1) is 6.83. The van der Waals surface area contributed by atoms with Crippen molar-refractivity contribution in [2.45, 2.75) is 6.10 Å². The Kier molecular flexibility index (Phi) is 2.13. The summed E-state index contributed by atoms with van der Waals surface area (Å²) in [6, 6.07) is 5.38. The average molecular weight is 184 g/mol. The Morgan fingerprint density at radius 2 is 2.07 bits per heavy atom. The molecule has 3 heteroatoms. The summed E-state index contributed by atoms with van der Waals surface area (Å²) in [6.07, 6.45) is 7.41. The van der Waals surface area contributed by atoms with Gasteiger partial charge in [-0.1, -0.05) is 18.1 Å². The summed E-state index contributed by atoms with van der Waals surface area (Å²) in [5.74, 6) is 2.26. The SMILES string of the molecule is C#CC(O)c1cccc2nccnc12. The van der Waals surface area contributed by atoms with Crippen molar-refractivity contribution in [2.24, 2.45) is 0 Å². The van der Waals surface area contributed by atoms with Gasteiger partial charge in [0.25, 0.3) is 0 Å². The lowest BCUT2D eigenvalue weighted by molar-refractivity contribution is 0.240. The number of terminal acetylenes is 1. The number of aliphatic hydroxyl groups is 1. The fourth-order valence-corrected chi connectivity index (χ4v) is 1.33. The molecule has 1 unspecified atom stereocenters. The fraction of sp³-hybridized carbons (Fsp3) is 0.0909. The van der Waals surface area contributed by atoms with Gasteiger partial charge in [0.2, 0.25) is 0 Å². The minimum atomic E-state index is -0.921. The third kappa shape index (κ3) is 1.32. The lowest BCUT2D eigenvalue weighted by Crippen LogP contribution is -1.96. The van der Waals surface area contributed by atoms with Crippen molar-refractivity contribution in [1.82, 2.24) is 9.97 Å². The van der Waals surface area contributed by atoms with Crippen molar-refractivity contribution in [2.75, 3.05) is 0 Å². The molecule has 68 valence electrons. The third-order valence-electron chi connectivity index (χ3n) is 1.98. The van der Waals surface area contributed by atoms with Crippen LogP contribution in [-0.2, 0) is 0 Å². The molecule has 1 N–H and O–H groups in total. The van der Waals surface area contributed by atoms with E-state index in [9.17, 15) is 5.11 Å². The lowest BCUT2D eigenvalue weighted by Gasteiger charge is -2.05. The molecule has 0 bridgehead atoms. The van der Waals surface area contributed by atoms with Gasteiger partial charge in [-0.25, -0.2) is 0 Å². The minimum Gasteiger partial charge on any atom is -0.376 e. The van der Waals surface area contributed by atoms with Gasteiger partial charge in [0, 0.05) is 18.0 Å². The highest BCUT2D eigenvalue weighted by Crippen LogP contribution is 2.19. The Morgan fingerprint density at radius 3 is 2.86 bits per heavy atom. The molecule has 0 saturated carbocycles. The molecule has 0 amide bonds. The van der Waals surface area contributed by atoms with E-state index in [4.69, 9.17) is 6.42 Å². The Labute approximate surface area is 81.4 Å². The van der Waals surface area contributed by atoms with Crippen molar-refractivity contribution in [3.63, 3.8) is 0 Å². The Morgan fingerprint density at radius 1 is 1.29 bits per heavy atom. The Balaban J connectivity index is 2.72. The van der Waals surface area contributed by atoms with Gasteiger partial charge in [0.05, 0.1) is 11.0 Å². The zero-order chi connectivity index (χ0) is 9.97. The molecule has 3 nitrogen and oxygen atoms in total. The standard InChI is InChI=1S/C11H8N2O/c1-2-10(14)8-4-3-5-9-11(8)13-7-6-12-9/h1,3-7,10,14H. The van der Waals surface area contributed by atoms with Crippen LogP contribution in [0.25, 0.3) is 11.0 Å². The van der Waals surface area contributed by atoms with Gasteiger partial charge in [0.15, 0.2) is 0 Å². The van der Waals surface area contributed by atoms with Crippen LogP contribution in [0, 0.1) is 12.3 Å². The Bertz CT molecular complexity index is 497. The molecule has 0 aliphatic rings. The van der Waals surface area contributed by atoms with Crippen LogP contribution < -0.4 is 0 Å². The number of aromatic nitrogens is 2. The van der Waals surface area contributed by atoms with E-state index in [1.54, 1.807) is 24.5 Å². The van der Waals surface area contributed by atoms with Crippen LogP contribution in [0.1, 0.15) is 11.7 Å². The normalized spacial score (nSPS) is 12.3. The monoisotopic (exact) mass is 184 g/mol. The maximum absolute atomic E-state index is 9.52. The average Bonchev–Trinajstić information content (AvgIpc) is 2.27. The number of hydrogen-bond acceptors (Lipinski definition) is 3. The van der Waals surface area contributed by atoms with Crippen molar-refractivity contribution in [3.8, 4) is 12.3 Å². The van der Waals surface area contributed by atoms with E-state index in [2.05, 4.69) is 15.9 Å². The molecule has 0 aliphatic heterocycles. The zero-order valence-corrected chi connectivity index (χ0v) is 7.38. The smallest absolute Gasteiger partial charge is 0.142 e. The Hall–Kier alpha value is -1.92. The van der Waals surface area contributed by atoms with E-state index in [0.717, 1.165) is 5.52 Å². The second-order valence-corrected chi connectivity index (χ2v) is 2.84. The predicted octanol–water partition coefficient (Wildman–Crippen LogP) is 1.30. The summed E-state index contributed by atoms with van der Waals surface area (Å²) in [5.41, 5.74) is 2.01. The largest absolute Gasteiger partial charge is 0.376 e. The molecular weight excluding hydrogens is 176 g/mol. The van der Waals surface area contributed by atoms with E-state index in [0.29, 0.717) is 11.1 Å². The molecule has 0 radical (unpaired) electrons. The van der Waals surface area contributed by atoms with Gasteiger partial charge in [-0.2, -0.15) is 0 Å². The number of rotatable bonds is 1. The fourth-order valence-electron chi connectivity index (χ4n) is 1.33. The first-order valence-corrected chi connectivity index (χ1v) is 4.17. The van der Waals surface area contributed by atoms with Gasteiger partial charge in [-0.3, -0.25) is 9.97 Å². The summed E-state index contributed by atoms with van der Waals surface area (Å²) in [4.78, 5) is 8.25. The van der Waals surface area contributed by atoms with Gasteiger partial charge >= 0.3 is 0 Å². The first-order valence-electron chi connectivity index (χ1n) is 4.17. The zero-order valence-electron chi connectivity index (χ0n) is 7.38. The molecule has 0 saturated heterocycles. The predicted molar refractivity (Wildman–Crippen MR) is 53.3 cm³/mol. The van der Waals surface area contributed by atoms with Crippen molar-refractivity contribution < 1.29 is 5.11 Å². The molecule has 0 aliphatic carbocycles. The molecule has 1 aromatic carbocycles. The summed E-state index contributed by atoms with van der Waals surface area (Å²) in [7, 11) is 0. The molecule has 14 heavy (non-hydrogen) atoms. The first kappa shape index (κ1) is 8.67. The highest BCUT2D eigenvalue weighted by molar-refractivity contribution is 5.78.